The molecule has 0 fully saturated rings. The predicted molar refractivity (Wildman–Crippen MR) is 58.9 cm³/mol. The van der Waals surface area contributed by atoms with Gasteiger partial charge in [-0.2, -0.15) is 0 Å². The first kappa shape index (κ1) is 10.3. The third-order valence-electron chi connectivity index (χ3n) is 1.54. The number of rotatable bonds is 4. The van der Waals surface area contributed by atoms with Crippen LogP contribution in [0.25, 0.3) is 0 Å². The third kappa shape index (κ3) is 4.10. The Hall–Kier alpha value is -0.800. The van der Waals surface area contributed by atoms with Crippen LogP contribution in [0.15, 0.2) is 40.9 Å². The topological polar surface area (TPSA) is 32.3 Å². The highest BCUT2D eigenvalue weighted by Gasteiger charge is 1.88. The maximum atomic E-state index is 8.48. The fourth-order valence-electron chi connectivity index (χ4n) is 0.902. The van der Waals surface area contributed by atoms with Gasteiger partial charge in [-0.1, -0.05) is 28.1 Å². The molecule has 0 aliphatic rings. The molecule has 0 spiro atoms. The summed E-state index contributed by atoms with van der Waals surface area (Å²) in [6.45, 7) is 0.838. The van der Waals surface area contributed by atoms with E-state index >= 15 is 0 Å². The monoisotopic (exact) mass is 241 g/mol. The minimum Gasteiger partial charge on any atom is -0.392 e. The zero-order valence-corrected chi connectivity index (χ0v) is 8.79. The molecule has 2 N–H and O–H groups in total. The Morgan fingerprint density at radius 2 is 1.92 bits per heavy atom. The Kier molecular flexibility index (Phi) is 4.57. The first-order valence-electron chi connectivity index (χ1n) is 4.08. The summed E-state index contributed by atoms with van der Waals surface area (Å²) < 4.78 is 1.07. The van der Waals surface area contributed by atoms with Crippen molar-refractivity contribution in [3.05, 3.63) is 40.9 Å². The molecule has 1 rings (SSSR count). The van der Waals surface area contributed by atoms with Gasteiger partial charge < -0.3 is 10.4 Å². The molecule has 0 unspecified atom stereocenters. The van der Waals surface area contributed by atoms with Gasteiger partial charge in [0.25, 0.3) is 0 Å². The lowest BCUT2D eigenvalue weighted by molar-refractivity contribution is 0.342. The molecule has 0 saturated heterocycles. The molecule has 0 aliphatic heterocycles. The van der Waals surface area contributed by atoms with Crippen LogP contribution in [0.3, 0.4) is 0 Å². The van der Waals surface area contributed by atoms with Crippen LogP contribution in [0.1, 0.15) is 0 Å². The second-order valence-electron chi connectivity index (χ2n) is 2.54. The molecular formula is C10H12BrNO. The summed E-state index contributed by atoms with van der Waals surface area (Å²) in [4.78, 5) is 0. The van der Waals surface area contributed by atoms with Crippen LogP contribution in [-0.4, -0.2) is 18.3 Å². The van der Waals surface area contributed by atoms with Crippen LogP contribution in [0.5, 0.6) is 0 Å². The van der Waals surface area contributed by atoms with Crippen LogP contribution >= 0.6 is 15.9 Å². The number of halogens is 1. The highest BCUT2D eigenvalue weighted by molar-refractivity contribution is 9.10. The highest BCUT2D eigenvalue weighted by Crippen LogP contribution is 2.13. The van der Waals surface area contributed by atoms with Crippen molar-refractivity contribution in [2.24, 2.45) is 0 Å². The standard InChI is InChI=1S/C10H12BrNO/c11-9-3-5-10(6-4-9)12-7-1-2-8-13/h1-6,12-13H,7-8H2/b2-1+. The summed E-state index contributed by atoms with van der Waals surface area (Å²) in [7, 11) is 0. The van der Waals surface area contributed by atoms with Crippen LogP contribution < -0.4 is 5.32 Å². The lowest BCUT2D eigenvalue weighted by atomic mass is 10.3. The van der Waals surface area contributed by atoms with Crippen molar-refractivity contribution in [1.29, 1.82) is 0 Å². The first-order valence-corrected chi connectivity index (χ1v) is 4.87. The second-order valence-corrected chi connectivity index (χ2v) is 3.46. The second kappa shape index (κ2) is 5.78. The summed E-state index contributed by atoms with van der Waals surface area (Å²) in [6.07, 6.45) is 3.61. The smallest absolute Gasteiger partial charge is 0.0613 e. The fraction of sp³-hybridized carbons (Fsp3) is 0.200. The van der Waals surface area contributed by atoms with Crippen LogP contribution in [0, 0.1) is 0 Å². The molecule has 0 aromatic heterocycles. The molecule has 70 valence electrons. The molecule has 0 amide bonds. The average Bonchev–Trinajstić information content (AvgIpc) is 2.15. The van der Waals surface area contributed by atoms with Crippen molar-refractivity contribution in [1.82, 2.24) is 0 Å². The summed E-state index contributed by atoms with van der Waals surface area (Å²) in [5.74, 6) is 0. The van der Waals surface area contributed by atoms with Crippen LogP contribution in [-0.2, 0) is 0 Å². The van der Waals surface area contributed by atoms with Crippen LogP contribution in [0.4, 0.5) is 5.69 Å². The van der Waals surface area contributed by atoms with Gasteiger partial charge in [0.1, 0.15) is 0 Å². The Morgan fingerprint density at radius 3 is 2.54 bits per heavy atom. The molecule has 13 heavy (non-hydrogen) atoms. The van der Waals surface area contributed by atoms with Gasteiger partial charge in [0.15, 0.2) is 0 Å². The van der Waals surface area contributed by atoms with Gasteiger partial charge >= 0.3 is 0 Å². The van der Waals surface area contributed by atoms with Crippen molar-refractivity contribution in [3.63, 3.8) is 0 Å². The number of hydrogen-bond acceptors (Lipinski definition) is 2. The molecule has 0 saturated carbocycles. The summed E-state index contributed by atoms with van der Waals surface area (Å²) in [5, 5.41) is 11.7. The maximum absolute atomic E-state index is 8.48. The molecule has 0 atom stereocenters. The van der Waals surface area contributed by atoms with Crippen molar-refractivity contribution in [3.8, 4) is 0 Å². The van der Waals surface area contributed by atoms with E-state index in [1.807, 2.05) is 30.3 Å². The Morgan fingerprint density at radius 1 is 1.23 bits per heavy atom. The molecule has 1 aromatic carbocycles. The van der Waals surface area contributed by atoms with Gasteiger partial charge in [0.05, 0.1) is 6.61 Å². The molecular weight excluding hydrogens is 230 g/mol. The number of nitrogens with one attached hydrogen (secondary N) is 1. The van der Waals surface area contributed by atoms with Gasteiger partial charge in [0.2, 0.25) is 0 Å². The van der Waals surface area contributed by atoms with E-state index in [1.54, 1.807) is 6.08 Å². The highest BCUT2D eigenvalue weighted by atomic mass is 79.9. The number of aliphatic hydroxyl groups is 1. The largest absolute Gasteiger partial charge is 0.392 e. The van der Waals surface area contributed by atoms with Gasteiger partial charge in [-0.05, 0) is 24.3 Å². The van der Waals surface area contributed by atoms with E-state index < -0.39 is 0 Å². The normalized spacial score (nSPS) is 10.6. The lowest BCUT2D eigenvalue weighted by Crippen LogP contribution is -1.97. The van der Waals surface area contributed by atoms with E-state index in [2.05, 4.69) is 21.2 Å². The van der Waals surface area contributed by atoms with E-state index in [9.17, 15) is 0 Å². The molecule has 2 nitrogen and oxygen atoms in total. The average molecular weight is 242 g/mol. The Bertz CT molecular complexity index is 269. The number of hydrogen-bond donors (Lipinski definition) is 2. The molecule has 0 heterocycles. The quantitative estimate of drug-likeness (QED) is 0.794. The SMILES string of the molecule is OC/C=C/CNc1ccc(Br)cc1. The minimum absolute atomic E-state index is 0.0992. The lowest BCUT2D eigenvalue weighted by Gasteiger charge is -2.02. The van der Waals surface area contributed by atoms with E-state index in [0.717, 1.165) is 16.7 Å². The zero-order chi connectivity index (χ0) is 9.52. The van der Waals surface area contributed by atoms with Crippen LogP contribution in [0.2, 0.25) is 0 Å². The van der Waals surface area contributed by atoms with Gasteiger partial charge in [-0.15, -0.1) is 0 Å². The molecule has 0 radical (unpaired) electrons. The predicted octanol–water partition coefficient (Wildman–Crippen LogP) is 2.41. The van der Waals surface area contributed by atoms with Crippen molar-refractivity contribution in [2.75, 3.05) is 18.5 Å². The molecule has 1 aromatic rings. The van der Waals surface area contributed by atoms with Gasteiger partial charge in [-0.25, -0.2) is 0 Å². The summed E-state index contributed by atoms with van der Waals surface area (Å²) in [5.41, 5.74) is 1.07. The van der Waals surface area contributed by atoms with Gasteiger partial charge in [-0.3, -0.25) is 0 Å². The van der Waals surface area contributed by atoms with Crippen molar-refractivity contribution in [2.45, 2.75) is 0 Å². The Balaban J connectivity index is 2.37. The van der Waals surface area contributed by atoms with E-state index in [0.29, 0.717) is 0 Å². The summed E-state index contributed by atoms with van der Waals surface area (Å²) in [6, 6.07) is 7.96. The Labute approximate surface area is 86.4 Å². The fourth-order valence-corrected chi connectivity index (χ4v) is 1.17. The van der Waals surface area contributed by atoms with Crippen molar-refractivity contribution >= 4 is 21.6 Å². The first-order chi connectivity index (χ1) is 6.33. The number of benzene rings is 1. The summed E-state index contributed by atoms with van der Waals surface area (Å²) >= 11 is 3.36. The molecule has 0 aliphatic carbocycles. The van der Waals surface area contributed by atoms with E-state index in [4.69, 9.17) is 5.11 Å². The van der Waals surface area contributed by atoms with Gasteiger partial charge in [0, 0.05) is 16.7 Å². The minimum atomic E-state index is 0.0992. The third-order valence-corrected chi connectivity index (χ3v) is 2.07. The maximum Gasteiger partial charge on any atom is 0.0613 e. The van der Waals surface area contributed by atoms with E-state index in [1.165, 1.54) is 0 Å². The molecule has 0 bridgehead atoms. The molecule has 3 heteroatoms. The van der Waals surface area contributed by atoms with E-state index in [-0.39, 0.29) is 6.61 Å². The number of aliphatic hydroxyl groups excluding tert-OH is 1. The van der Waals surface area contributed by atoms with Crippen molar-refractivity contribution < 1.29 is 5.11 Å². The zero-order valence-electron chi connectivity index (χ0n) is 7.20. The number of anilines is 1.